The first kappa shape index (κ1) is 15.0. The second-order valence-electron chi connectivity index (χ2n) is 4.97. The Balaban J connectivity index is 2.56. The summed E-state index contributed by atoms with van der Waals surface area (Å²) in [5, 5.41) is 6.09. The van der Waals surface area contributed by atoms with Crippen LogP contribution in [-0.2, 0) is 4.79 Å². The standard InChI is InChI=1S/C14H21BrN2O/c1-9(2)7-16-13(18)8-17-14-10(3)5-12(15)6-11(14)4/h5-6,9,17H,7-8H2,1-4H3,(H,16,18). The predicted octanol–water partition coefficient (Wildman–Crippen LogP) is 3.25. The molecule has 1 rings (SSSR count). The highest BCUT2D eigenvalue weighted by molar-refractivity contribution is 9.10. The summed E-state index contributed by atoms with van der Waals surface area (Å²) in [5.41, 5.74) is 3.31. The second kappa shape index (κ2) is 6.78. The molecule has 0 fully saturated rings. The lowest BCUT2D eigenvalue weighted by Gasteiger charge is -2.14. The largest absolute Gasteiger partial charge is 0.376 e. The molecule has 18 heavy (non-hydrogen) atoms. The molecule has 0 saturated heterocycles. The van der Waals surface area contributed by atoms with Crippen molar-refractivity contribution in [1.29, 1.82) is 0 Å². The van der Waals surface area contributed by atoms with Gasteiger partial charge < -0.3 is 10.6 Å². The molecule has 1 aromatic rings. The van der Waals surface area contributed by atoms with E-state index in [0.717, 1.165) is 27.8 Å². The molecule has 2 N–H and O–H groups in total. The van der Waals surface area contributed by atoms with Gasteiger partial charge in [0.1, 0.15) is 0 Å². The van der Waals surface area contributed by atoms with Gasteiger partial charge >= 0.3 is 0 Å². The zero-order valence-electron chi connectivity index (χ0n) is 11.4. The summed E-state index contributed by atoms with van der Waals surface area (Å²) in [6.45, 7) is 9.26. The molecule has 3 nitrogen and oxygen atoms in total. The van der Waals surface area contributed by atoms with Gasteiger partial charge in [-0.1, -0.05) is 29.8 Å². The first-order chi connectivity index (χ1) is 8.40. The van der Waals surface area contributed by atoms with Crippen molar-refractivity contribution in [3.63, 3.8) is 0 Å². The molecule has 0 aliphatic heterocycles. The van der Waals surface area contributed by atoms with E-state index in [1.807, 2.05) is 26.0 Å². The van der Waals surface area contributed by atoms with E-state index in [1.165, 1.54) is 0 Å². The molecule has 0 spiro atoms. The topological polar surface area (TPSA) is 41.1 Å². The number of amides is 1. The smallest absolute Gasteiger partial charge is 0.239 e. The predicted molar refractivity (Wildman–Crippen MR) is 80.0 cm³/mol. The van der Waals surface area contributed by atoms with Crippen LogP contribution in [0.1, 0.15) is 25.0 Å². The van der Waals surface area contributed by atoms with Crippen LogP contribution < -0.4 is 10.6 Å². The molecule has 0 aromatic heterocycles. The van der Waals surface area contributed by atoms with Gasteiger partial charge in [-0.15, -0.1) is 0 Å². The van der Waals surface area contributed by atoms with Gasteiger partial charge in [-0.3, -0.25) is 4.79 Å². The van der Waals surface area contributed by atoms with Gasteiger partial charge in [-0.2, -0.15) is 0 Å². The van der Waals surface area contributed by atoms with Crippen LogP contribution in [0.3, 0.4) is 0 Å². The number of hydrogen-bond donors (Lipinski definition) is 2. The Morgan fingerprint density at radius 1 is 1.28 bits per heavy atom. The third-order valence-electron chi connectivity index (χ3n) is 2.63. The van der Waals surface area contributed by atoms with E-state index < -0.39 is 0 Å². The Morgan fingerprint density at radius 3 is 2.33 bits per heavy atom. The van der Waals surface area contributed by atoms with Crippen molar-refractivity contribution in [3.05, 3.63) is 27.7 Å². The van der Waals surface area contributed by atoms with Crippen LogP contribution in [0, 0.1) is 19.8 Å². The molecule has 1 amide bonds. The molecule has 0 saturated carbocycles. The van der Waals surface area contributed by atoms with E-state index in [4.69, 9.17) is 0 Å². The minimum atomic E-state index is 0.0328. The monoisotopic (exact) mass is 312 g/mol. The Hall–Kier alpha value is -1.03. The lowest BCUT2D eigenvalue weighted by molar-refractivity contribution is -0.119. The van der Waals surface area contributed by atoms with Crippen LogP contribution >= 0.6 is 15.9 Å². The maximum absolute atomic E-state index is 11.6. The Labute approximate surface area is 117 Å². The number of aryl methyl sites for hydroxylation is 2. The van der Waals surface area contributed by atoms with Crippen LogP contribution in [0.15, 0.2) is 16.6 Å². The van der Waals surface area contributed by atoms with Crippen LogP contribution in [-0.4, -0.2) is 19.0 Å². The normalized spacial score (nSPS) is 10.6. The van der Waals surface area contributed by atoms with E-state index in [0.29, 0.717) is 12.5 Å². The van der Waals surface area contributed by atoms with Crippen molar-refractivity contribution in [3.8, 4) is 0 Å². The molecule has 1 aromatic carbocycles. The molecule has 0 bridgehead atoms. The van der Waals surface area contributed by atoms with Crippen molar-refractivity contribution >= 4 is 27.5 Å². The van der Waals surface area contributed by atoms with Gasteiger partial charge in [-0.25, -0.2) is 0 Å². The Morgan fingerprint density at radius 2 is 1.83 bits per heavy atom. The van der Waals surface area contributed by atoms with Crippen LogP contribution in [0.2, 0.25) is 0 Å². The van der Waals surface area contributed by atoms with E-state index in [2.05, 4.69) is 40.4 Å². The molecular formula is C14H21BrN2O. The summed E-state index contributed by atoms with van der Waals surface area (Å²) in [5.74, 6) is 0.510. The van der Waals surface area contributed by atoms with Crippen molar-refractivity contribution in [2.45, 2.75) is 27.7 Å². The number of carbonyl (C=O) groups excluding carboxylic acids is 1. The Bertz CT molecular complexity index is 407. The van der Waals surface area contributed by atoms with E-state index >= 15 is 0 Å². The molecule has 100 valence electrons. The zero-order valence-corrected chi connectivity index (χ0v) is 13.0. The van der Waals surface area contributed by atoms with Gasteiger partial charge in [-0.05, 0) is 43.0 Å². The fourth-order valence-electron chi connectivity index (χ4n) is 1.74. The van der Waals surface area contributed by atoms with Crippen LogP contribution in [0.25, 0.3) is 0 Å². The quantitative estimate of drug-likeness (QED) is 0.876. The van der Waals surface area contributed by atoms with E-state index in [9.17, 15) is 4.79 Å². The lowest BCUT2D eigenvalue weighted by atomic mass is 10.1. The first-order valence-electron chi connectivity index (χ1n) is 6.17. The van der Waals surface area contributed by atoms with Gasteiger partial charge in [0.2, 0.25) is 5.91 Å². The highest BCUT2D eigenvalue weighted by atomic mass is 79.9. The maximum atomic E-state index is 11.6. The number of rotatable bonds is 5. The second-order valence-corrected chi connectivity index (χ2v) is 5.88. The average Bonchev–Trinajstić information content (AvgIpc) is 2.24. The Kier molecular flexibility index (Phi) is 5.66. The summed E-state index contributed by atoms with van der Waals surface area (Å²) >= 11 is 3.46. The highest BCUT2D eigenvalue weighted by Crippen LogP contribution is 2.24. The molecular weight excluding hydrogens is 292 g/mol. The fourth-order valence-corrected chi connectivity index (χ4v) is 2.43. The van der Waals surface area contributed by atoms with E-state index in [1.54, 1.807) is 0 Å². The molecule has 0 unspecified atom stereocenters. The van der Waals surface area contributed by atoms with Crippen molar-refractivity contribution in [2.24, 2.45) is 5.92 Å². The zero-order chi connectivity index (χ0) is 13.7. The van der Waals surface area contributed by atoms with Gasteiger partial charge in [0.15, 0.2) is 0 Å². The van der Waals surface area contributed by atoms with E-state index in [-0.39, 0.29) is 5.91 Å². The van der Waals surface area contributed by atoms with Gasteiger partial charge in [0, 0.05) is 16.7 Å². The lowest BCUT2D eigenvalue weighted by Crippen LogP contribution is -2.32. The summed E-state index contributed by atoms with van der Waals surface area (Å²) < 4.78 is 1.06. The number of halogens is 1. The number of benzene rings is 1. The molecule has 0 aliphatic rings. The molecule has 0 atom stereocenters. The first-order valence-corrected chi connectivity index (χ1v) is 6.96. The van der Waals surface area contributed by atoms with Crippen molar-refractivity contribution < 1.29 is 4.79 Å². The minimum Gasteiger partial charge on any atom is -0.376 e. The third-order valence-corrected chi connectivity index (χ3v) is 3.09. The molecule has 0 radical (unpaired) electrons. The number of nitrogens with one attached hydrogen (secondary N) is 2. The third kappa shape index (κ3) is 4.69. The summed E-state index contributed by atoms with van der Waals surface area (Å²) in [6, 6.07) is 4.09. The van der Waals surface area contributed by atoms with Crippen molar-refractivity contribution in [1.82, 2.24) is 5.32 Å². The number of hydrogen-bond acceptors (Lipinski definition) is 2. The average molecular weight is 313 g/mol. The van der Waals surface area contributed by atoms with Crippen LogP contribution in [0.5, 0.6) is 0 Å². The molecule has 0 heterocycles. The number of carbonyl (C=O) groups is 1. The SMILES string of the molecule is Cc1cc(Br)cc(C)c1NCC(=O)NCC(C)C. The maximum Gasteiger partial charge on any atom is 0.239 e. The van der Waals surface area contributed by atoms with Gasteiger partial charge in [0.05, 0.1) is 6.54 Å². The molecule has 0 aliphatic carbocycles. The van der Waals surface area contributed by atoms with Gasteiger partial charge in [0.25, 0.3) is 0 Å². The van der Waals surface area contributed by atoms with Crippen molar-refractivity contribution in [2.75, 3.05) is 18.4 Å². The highest BCUT2D eigenvalue weighted by Gasteiger charge is 2.06. The minimum absolute atomic E-state index is 0.0328. The fraction of sp³-hybridized carbons (Fsp3) is 0.500. The summed E-state index contributed by atoms with van der Waals surface area (Å²) in [7, 11) is 0. The number of anilines is 1. The summed E-state index contributed by atoms with van der Waals surface area (Å²) in [6.07, 6.45) is 0. The van der Waals surface area contributed by atoms with Crippen LogP contribution in [0.4, 0.5) is 5.69 Å². The molecule has 4 heteroatoms. The summed E-state index contributed by atoms with van der Waals surface area (Å²) in [4.78, 5) is 11.6.